The van der Waals surface area contributed by atoms with Crippen molar-refractivity contribution in [2.45, 2.75) is 18.7 Å². The topological polar surface area (TPSA) is 82.1 Å². The maximum Gasteiger partial charge on any atom is 0.271 e. The molecule has 0 spiro atoms. The summed E-state index contributed by atoms with van der Waals surface area (Å²) in [6, 6.07) is 4.08. The lowest BCUT2D eigenvalue weighted by atomic mass is 10.2. The molecule has 1 atom stereocenters. The number of aromatic nitrogens is 2. The van der Waals surface area contributed by atoms with Crippen molar-refractivity contribution in [1.29, 1.82) is 0 Å². The molecular weight excluding hydrogens is 293 g/mol. The second-order valence-electron chi connectivity index (χ2n) is 3.79. The molecule has 0 bridgehead atoms. The van der Waals surface area contributed by atoms with E-state index in [-0.39, 0.29) is 22.0 Å². The minimum atomic E-state index is -0.539. The van der Waals surface area contributed by atoms with Crippen molar-refractivity contribution < 1.29 is 9.45 Å². The van der Waals surface area contributed by atoms with Crippen molar-refractivity contribution in [2.24, 2.45) is 0 Å². The molecule has 19 heavy (non-hydrogen) atoms. The van der Waals surface area contributed by atoms with Crippen LogP contribution in [0.15, 0.2) is 22.7 Å². The summed E-state index contributed by atoms with van der Waals surface area (Å²) < 4.78 is 5.04. The van der Waals surface area contributed by atoms with Crippen LogP contribution in [-0.2, 0) is 0 Å². The van der Waals surface area contributed by atoms with Gasteiger partial charge in [0, 0.05) is 22.7 Å². The molecule has 0 aliphatic carbocycles. The smallest absolute Gasteiger partial charge is 0.271 e. The Morgan fingerprint density at radius 2 is 2.21 bits per heavy atom. The third-order valence-electron chi connectivity index (χ3n) is 2.42. The molecule has 0 saturated heterocycles. The summed E-state index contributed by atoms with van der Waals surface area (Å²) >= 11 is 11.8. The fourth-order valence-electron chi connectivity index (χ4n) is 1.46. The zero-order valence-electron chi connectivity index (χ0n) is 9.84. The lowest BCUT2D eigenvalue weighted by molar-refractivity contribution is -0.384. The van der Waals surface area contributed by atoms with Crippen LogP contribution in [0.25, 0.3) is 11.5 Å². The van der Waals surface area contributed by atoms with Gasteiger partial charge in [-0.05, 0) is 12.5 Å². The second kappa shape index (κ2) is 5.54. The molecule has 1 aromatic heterocycles. The van der Waals surface area contributed by atoms with Gasteiger partial charge in [-0.3, -0.25) is 10.1 Å². The number of rotatable bonds is 4. The van der Waals surface area contributed by atoms with Gasteiger partial charge in [0.2, 0.25) is 0 Å². The molecule has 6 nitrogen and oxygen atoms in total. The van der Waals surface area contributed by atoms with E-state index in [0.717, 1.165) is 0 Å². The highest BCUT2D eigenvalue weighted by atomic mass is 35.5. The van der Waals surface area contributed by atoms with Crippen LogP contribution in [0.2, 0.25) is 5.02 Å². The second-order valence-corrected chi connectivity index (χ2v) is 4.75. The van der Waals surface area contributed by atoms with Gasteiger partial charge in [-0.25, -0.2) is 0 Å². The molecule has 0 radical (unpaired) electrons. The zero-order chi connectivity index (χ0) is 14.0. The molecule has 0 fully saturated rings. The van der Waals surface area contributed by atoms with Crippen LogP contribution in [0.4, 0.5) is 5.69 Å². The highest BCUT2D eigenvalue weighted by Gasteiger charge is 2.17. The third kappa shape index (κ3) is 3.02. The summed E-state index contributed by atoms with van der Waals surface area (Å²) in [5.74, 6) is 0.501. The maximum absolute atomic E-state index is 10.8. The van der Waals surface area contributed by atoms with Crippen LogP contribution in [0.3, 0.4) is 0 Å². The SMILES string of the molecule is CCC(Cl)c1noc(-c2cc(Cl)cc([N+](=O)[O-])c2)n1. The van der Waals surface area contributed by atoms with E-state index in [0.29, 0.717) is 17.8 Å². The van der Waals surface area contributed by atoms with E-state index >= 15 is 0 Å². The fraction of sp³-hybridized carbons (Fsp3) is 0.273. The summed E-state index contributed by atoms with van der Waals surface area (Å²) in [5.41, 5.74) is 0.248. The maximum atomic E-state index is 10.8. The Balaban J connectivity index is 2.41. The Morgan fingerprint density at radius 1 is 1.47 bits per heavy atom. The van der Waals surface area contributed by atoms with Crippen LogP contribution in [0.1, 0.15) is 24.5 Å². The van der Waals surface area contributed by atoms with Gasteiger partial charge in [-0.1, -0.05) is 23.7 Å². The molecule has 1 unspecified atom stereocenters. The van der Waals surface area contributed by atoms with Crippen molar-refractivity contribution in [3.8, 4) is 11.5 Å². The predicted molar refractivity (Wildman–Crippen MR) is 70.3 cm³/mol. The standard InChI is InChI=1S/C11H9Cl2N3O3/c1-2-9(13)10-14-11(19-15-10)6-3-7(12)5-8(4-6)16(17)18/h3-5,9H,2H2,1H3. The third-order valence-corrected chi connectivity index (χ3v) is 3.14. The number of non-ortho nitro benzene ring substituents is 1. The van der Waals surface area contributed by atoms with Crippen LogP contribution >= 0.6 is 23.2 Å². The van der Waals surface area contributed by atoms with Crippen LogP contribution in [0, 0.1) is 10.1 Å². The van der Waals surface area contributed by atoms with Gasteiger partial charge in [0.1, 0.15) is 0 Å². The zero-order valence-corrected chi connectivity index (χ0v) is 11.4. The van der Waals surface area contributed by atoms with E-state index in [9.17, 15) is 10.1 Å². The van der Waals surface area contributed by atoms with E-state index in [1.54, 1.807) is 0 Å². The van der Waals surface area contributed by atoms with Gasteiger partial charge in [0.15, 0.2) is 5.82 Å². The summed E-state index contributed by atoms with van der Waals surface area (Å²) in [5, 5.41) is 14.4. The average molecular weight is 302 g/mol. The molecule has 2 rings (SSSR count). The number of nitro groups is 1. The van der Waals surface area contributed by atoms with Crippen molar-refractivity contribution in [2.75, 3.05) is 0 Å². The van der Waals surface area contributed by atoms with Crippen molar-refractivity contribution >= 4 is 28.9 Å². The van der Waals surface area contributed by atoms with Gasteiger partial charge in [0.05, 0.1) is 10.3 Å². The Labute approximate surface area is 118 Å². The molecule has 100 valence electrons. The Kier molecular flexibility index (Phi) is 4.01. The first-order chi connectivity index (χ1) is 9.01. The van der Waals surface area contributed by atoms with Crippen molar-refractivity contribution in [1.82, 2.24) is 10.1 Å². The number of halogens is 2. The quantitative estimate of drug-likeness (QED) is 0.484. The minimum absolute atomic E-state index is 0.139. The van der Waals surface area contributed by atoms with Crippen LogP contribution < -0.4 is 0 Å². The molecule has 0 saturated carbocycles. The van der Waals surface area contributed by atoms with Gasteiger partial charge in [-0.15, -0.1) is 11.6 Å². The molecular formula is C11H9Cl2N3O3. The number of nitro benzene ring substituents is 1. The van der Waals surface area contributed by atoms with Gasteiger partial charge in [-0.2, -0.15) is 4.98 Å². The summed E-state index contributed by atoms with van der Waals surface area (Å²) in [4.78, 5) is 14.3. The Hall–Kier alpha value is -1.66. The molecule has 1 aromatic carbocycles. The first kappa shape index (κ1) is 13.8. The molecule has 0 aliphatic heterocycles. The van der Waals surface area contributed by atoms with Crippen molar-refractivity contribution in [3.63, 3.8) is 0 Å². The summed E-state index contributed by atoms with van der Waals surface area (Å²) in [6.45, 7) is 1.89. The normalized spacial score (nSPS) is 12.4. The van der Waals surface area contributed by atoms with Crippen LogP contribution in [0.5, 0.6) is 0 Å². The molecule has 0 N–H and O–H groups in total. The molecule has 0 aliphatic rings. The lowest BCUT2D eigenvalue weighted by Crippen LogP contribution is -1.91. The van der Waals surface area contributed by atoms with E-state index in [1.165, 1.54) is 18.2 Å². The van der Waals surface area contributed by atoms with E-state index < -0.39 is 4.92 Å². The molecule has 8 heteroatoms. The summed E-state index contributed by atoms with van der Waals surface area (Å²) in [6.07, 6.45) is 0.649. The highest BCUT2D eigenvalue weighted by Crippen LogP contribution is 2.29. The van der Waals surface area contributed by atoms with E-state index in [4.69, 9.17) is 27.7 Å². The predicted octanol–water partition coefficient (Wildman–Crippen LogP) is 3.99. The number of benzene rings is 1. The van der Waals surface area contributed by atoms with E-state index in [2.05, 4.69) is 10.1 Å². The Morgan fingerprint density at radius 3 is 2.84 bits per heavy atom. The number of hydrogen-bond acceptors (Lipinski definition) is 5. The molecule has 2 aromatic rings. The largest absolute Gasteiger partial charge is 0.334 e. The lowest BCUT2D eigenvalue weighted by Gasteiger charge is -1.98. The summed E-state index contributed by atoms with van der Waals surface area (Å²) in [7, 11) is 0. The van der Waals surface area contributed by atoms with E-state index in [1.807, 2.05) is 6.92 Å². The van der Waals surface area contributed by atoms with Gasteiger partial charge in [0.25, 0.3) is 11.6 Å². The molecule has 0 amide bonds. The monoisotopic (exact) mass is 301 g/mol. The number of alkyl halides is 1. The first-order valence-electron chi connectivity index (χ1n) is 5.44. The van der Waals surface area contributed by atoms with Crippen LogP contribution in [-0.4, -0.2) is 15.1 Å². The minimum Gasteiger partial charge on any atom is -0.334 e. The van der Waals surface area contributed by atoms with Gasteiger partial charge < -0.3 is 4.52 Å². The first-order valence-corrected chi connectivity index (χ1v) is 6.25. The number of hydrogen-bond donors (Lipinski definition) is 0. The number of nitrogens with zero attached hydrogens (tertiary/aromatic N) is 3. The fourth-order valence-corrected chi connectivity index (χ4v) is 1.78. The van der Waals surface area contributed by atoms with Gasteiger partial charge >= 0.3 is 0 Å². The molecule has 1 heterocycles. The highest BCUT2D eigenvalue weighted by molar-refractivity contribution is 6.31. The average Bonchev–Trinajstić information content (AvgIpc) is 2.86. The Bertz CT molecular complexity index is 615. The van der Waals surface area contributed by atoms with Crippen molar-refractivity contribution in [3.05, 3.63) is 39.2 Å².